The van der Waals surface area contributed by atoms with Crippen LogP contribution in [-0.2, 0) is 20.5 Å². The highest BCUT2D eigenvalue weighted by atomic mass is 32.2. The fraction of sp³-hybridized carbons (Fsp3) is 0.455. The molecule has 1 aromatic carbocycles. The molecule has 8 nitrogen and oxygen atoms in total. The number of nitrogens with zero attached hydrogens (tertiary/aromatic N) is 3. The zero-order valence-corrected chi connectivity index (χ0v) is 19.8. The van der Waals surface area contributed by atoms with E-state index in [9.17, 15) is 13.8 Å². The Morgan fingerprint density at radius 1 is 1.16 bits per heavy atom. The van der Waals surface area contributed by atoms with Crippen LogP contribution < -0.4 is 4.90 Å². The van der Waals surface area contributed by atoms with Crippen molar-refractivity contribution in [2.75, 3.05) is 4.90 Å². The minimum absolute atomic E-state index is 0.0391. The van der Waals surface area contributed by atoms with E-state index < -0.39 is 33.3 Å². The number of benzene rings is 1. The molecule has 0 saturated carbocycles. The van der Waals surface area contributed by atoms with E-state index in [-0.39, 0.29) is 5.71 Å². The van der Waals surface area contributed by atoms with E-state index in [0.29, 0.717) is 22.7 Å². The van der Waals surface area contributed by atoms with E-state index >= 15 is 0 Å². The summed E-state index contributed by atoms with van der Waals surface area (Å²) in [4.78, 5) is 27.0. The fourth-order valence-corrected chi connectivity index (χ4v) is 3.71. The summed E-state index contributed by atoms with van der Waals surface area (Å²) in [5.41, 5.74) is 2.16. The van der Waals surface area contributed by atoms with Crippen LogP contribution in [0.25, 0.3) is 11.1 Å². The molecule has 0 bridgehead atoms. The molecule has 0 fully saturated rings. The van der Waals surface area contributed by atoms with Gasteiger partial charge in [0.15, 0.2) is 0 Å². The Kier molecular flexibility index (Phi) is 5.69. The maximum Gasteiger partial charge on any atom is 0.422 e. The Morgan fingerprint density at radius 3 is 2.32 bits per heavy atom. The molecule has 0 saturated heterocycles. The molecule has 2 amide bonds. The third-order valence-electron chi connectivity index (χ3n) is 4.49. The first-order valence-corrected chi connectivity index (χ1v) is 11.0. The molecule has 166 valence electrons. The lowest BCUT2D eigenvalue weighted by atomic mass is 10.00. The van der Waals surface area contributed by atoms with Crippen molar-refractivity contribution in [1.29, 1.82) is 0 Å². The molecule has 0 aliphatic carbocycles. The van der Waals surface area contributed by atoms with Crippen LogP contribution in [0.3, 0.4) is 0 Å². The van der Waals surface area contributed by atoms with Gasteiger partial charge in [0.05, 0.1) is 16.1 Å². The minimum Gasteiger partial charge on any atom is -0.443 e. The molecule has 1 aliphatic rings. The quantitative estimate of drug-likeness (QED) is 0.675. The molecule has 1 unspecified atom stereocenters. The summed E-state index contributed by atoms with van der Waals surface area (Å²) in [6.07, 6.45) is -0.810. The lowest BCUT2D eigenvalue weighted by Crippen LogP contribution is -2.40. The molecular weight excluding hydrogens is 418 g/mol. The predicted molar refractivity (Wildman–Crippen MR) is 120 cm³/mol. The maximum absolute atomic E-state index is 13.2. The highest BCUT2D eigenvalue weighted by Crippen LogP contribution is 2.36. The number of hydrogen-bond donors (Lipinski definition) is 0. The first-order valence-electron chi connectivity index (χ1n) is 9.86. The molecule has 0 N–H and O–H groups in total. The Labute approximate surface area is 184 Å². The monoisotopic (exact) mass is 445 g/mol. The van der Waals surface area contributed by atoms with Crippen LogP contribution in [0.2, 0.25) is 0 Å². The number of ether oxygens (including phenoxy) is 1. The zero-order chi connectivity index (χ0) is 23.3. The fourth-order valence-electron chi connectivity index (χ4n) is 3.10. The number of anilines is 1. The highest BCUT2D eigenvalue weighted by molar-refractivity contribution is 7.85. The average molecular weight is 446 g/mol. The standard InChI is InChI=1S/C22H27N3O5S/c1-12-17(13(2)30-23-12)14-9-10-16-15(11-14)18(24-31(28)22(6,7)8)19(26)25(16)20(27)29-21(3,4)5/h9-11H,1-8H3/b24-18-. The number of aryl methyl sites for hydroxylation is 2. The number of fused-ring (bicyclic) bond motifs is 1. The van der Waals surface area contributed by atoms with Crippen molar-refractivity contribution in [2.24, 2.45) is 4.40 Å². The molecule has 0 radical (unpaired) electrons. The lowest BCUT2D eigenvalue weighted by Gasteiger charge is -2.23. The number of hydrogen-bond acceptors (Lipinski definition) is 6. The zero-order valence-electron chi connectivity index (χ0n) is 19.0. The van der Waals surface area contributed by atoms with Crippen molar-refractivity contribution in [3.05, 3.63) is 35.2 Å². The van der Waals surface area contributed by atoms with Crippen LogP contribution in [0.5, 0.6) is 0 Å². The third-order valence-corrected chi connectivity index (χ3v) is 5.89. The van der Waals surface area contributed by atoms with Gasteiger partial charge in [0.1, 0.15) is 28.1 Å². The number of aromatic nitrogens is 1. The van der Waals surface area contributed by atoms with Gasteiger partial charge in [0, 0.05) is 11.1 Å². The van der Waals surface area contributed by atoms with Gasteiger partial charge in [0.25, 0.3) is 5.91 Å². The molecule has 9 heteroatoms. The Morgan fingerprint density at radius 2 is 1.81 bits per heavy atom. The number of carbonyl (C=O) groups is 2. The van der Waals surface area contributed by atoms with Crippen LogP contribution in [0.1, 0.15) is 58.6 Å². The summed E-state index contributed by atoms with van der Waals surface area (Å²) in [7, 11) is -1.70. The molecule has 1 aromatic heterocycles. The Hall–Kier alpha value is -2.81. The summed E-state index contributed by atoms with van der Waals surface area (Å²) in [6, 6.07) is 5.17. The summed E-state index contributed by atoms with van der Waals surface area (Å²) >= 11 is 0. The smallest absolute Gasteiger partial charge is 0.422 e. The van der Waals surface area contributed by atoms with Gasteiger partial charge in [-0.15, -0.1) is 0 Å². The van der Waals surface area contributed by atoms with Gasteiger partial charge in [-0.25, -0.2) is 13.9 Å². The van der Waals surface area contributed by atoms with Gasteiger partial charge in [-0.3, -0.25) is 4.79 Å². The minimum atomic E-state index is -1.70. The molecule has 31 heavy (non-hydrogen) atoms. The van der Waals surface area contributed by atoms with Crippen LogP contribution >= 0.6 is 0 Å². The molecule has 1 aliphatic heterocycles. The van der Waals surface area contributed by atoms with Gasteiger partial charge >= 0.3 is 6.09 Å². The number of imide groups is 1. The summed E-state index contributed by atoms with van der Waals surface area (Å²) in [5, 5.41) is 3.98. The van der Waals surface area contributed by atoms with Crippen LogP contribution in [-0.4, -0.2) is 37.4 Å². The molecule has 0 spiro atoms. The van der Waals surface area contributed by atoms with Crippen molar-refractivity contribution in [3.63, 3.8) is 0 Å². The van der Waals surface area contributed by atoms with Crippen LogP contribution in [0, 0.1) is 13.8 Å². The second-order valence-electron chi connectivity index (χ2n) is 9.35. The van der Waals surface area contributed by atoms with Gasteiger partial charge in [-0.1, -0.05) is 11.2 Å². The number of rotatable bonds is 2. The molecule has 3 rings (SSSR count). The molecule has 1 atom stereocenters. The number of amides is 2. The van der Waals surface area contributed by atoms with E-state index in [1.165, 1.54) is 0 Å². The predicted octanol–water partition coefficient (Wildman–Crippen LogP) is 4.49. The van der Waals surface area contributed by atoms with Gasteiger partial charge in [-0.05, 0) is 73.1 Å². The summed E-state index contributed by atoms with van der Waals surface area (Å²) < 4.78 is 26.9. The van der Waals surface area contributed by atoms with E-state index in [1.807, 2.05) is 6.92 Å². The van der Waals surface area contributed by atoms with Crippen molar-refractivity contribution >= 4 is 34.4 Å². The third kappa shape index (κ3) is 4.46. The van der Waals surface area contributed by atoms with Crippen molar-refractivity contribution in [3.8, 4) is 11.1 Å². The molecular formula is C22H27N3O5S. The summed E-state index contributed by atoms with van der Waals surface area (Å²) in [5.74, 6) is -0.0414. The second kappa shape index (κ2) is 7.71. The SMILES string of the molecule is Cc1noc(C)c1-c1ccc2c(c1)/C(=N/S(=O)C(C)(C)C)C(=O)N2C(=O)OC(C)(C)C. The Bertz CT molecular complexity index is 1100. The van der Waals surface area contributed by atoms with E-state index in [0.717, 1.165) is 16.0 Å². The van der Waals surface area contributed by atoms with Crippen LogP contribution in [0.4, 0.5) is 10.5 Å². The maximum atomic E-state index is 13.2. The topological polar surface area (TPSA) is 102 Å². The van der Waals surface area contributed by atoms with E-state index in [1.54, 1.807) is 66.7 Å². The van der Waals surface area contributed by atoms with Crippen molar-refractivity contribution < 1.29 is 23.1 Å². The first-order chi connectivity index (χ1) is 14.2. The van der Waals surface area contributed by atoms with Gasteiger partial charge in [-0.2, -0.15) is 4.40 Å². The molecule has 2 heterocycles. The largest absolute Gasteiger partial charge is 0.443 e. The van der Waals surface area contributed by atoms with Crippen LogP contribution in [0.15, 0.2) is 27.1 Å². The van der Waals surface area contributed by atoms with Crippen molar-refractivity contribution in [2.45, 2.75) is 65.7 Å². The normalized spacial score (nSPS) is 16.6. The first kappa shape index (κ1) is 22.9. The van der Waals surface area contributed by atoms with E-state index in [4.69, 9.17) is 9.26 Å². The lowest BCUT2D eigenvalue weighted by molar-refractivity contribution is -0.112. The average Bonchev–Trinajstić information content (AvgIpc) is 3.09. The highest BCUT2D eigenvalue weighted by Gasteiger charge is 2.41. The van der Waals surface area contributed by atoms with E-state index in [2.05, 4.69) is 9.55 Å². The molecule has 2 aromatic rings. The Balaban J connectivity index is 2.19. The summed E-state index contributed by atoms with van der Waals surface area (Å²) in [6.45, 7) is 14.1. The second-order valence-corrected chi connectivity index (χ2v) is 11.3. The van der Waals surface area contributed by atoms with Gasteiger partial charge < -0.3 is 9.26 Å². The van der Waals surface area contributed by atoms with Crippen molar-refractivity contribution in [1.82, 2.24) is 5.16 Å². The number of carbonyl (C=O) groups excluding carboxylic acids is 2. The van der Waals surface area contributed by atoms with Gasteiger partial charge in [0.2, 0.25) is 0 Å².